The molecule has 2 aromatic rings. The maximum absolute atomic E-state index is 13.3. The fourth-order valence-electron chi connectivity index (χ4n) is 3.82. The SMILES string of the molecule is Cc1cc(C)c(S(=O)(=O)N2CCCC2C(=O)OCC(=O)NC(=O)c2ccco2)c(C)c1. The van der Waals surface area contributed by atoms with E-state index < -0.39 is 40.5 Å². The minimum absolute atomic E-state index is 0.0587. The lowest BCUT2D eigenvalue weighted by Crippen LogP contribution is -2.43. The van der Waals surface area contributed by atoms with E-state index in [1.165, 1.54) is 18.4 Å². The van der Waals surface area contributed by atoms with Crippen LogP contribution in [-0.4, -0.2) is 49.7 Å². The Balaban J connectivity index is 1.68. The molecule has 1 fully saturated rings. The van der Waals surface area contributed by atoms with Gasteiger partial charge in [-0.25, -0.2) is 8.42 Å². The Morgan fingerprint density at radius 2 is 1.87 bits per heavy atom. The Morgan fingerprint density at radius 1 is 1.19 bits per heavy atom. The van der Waals surface area contributed by atoms with Crippen LogP contribution < -0.4 is 5.32 Å². The largest absolute Gasteiger partial charge is 0.459 e. The lowest BCUT2D eigenvalue weighted by Gasteiger charge is -2.24. The fourth-order valence-corrected chi connectivity index (χ4v) is 5.88. The summed E-state index contributed by atoms with van der Waals surface area (Å²) in [7, 11) is -3.93. The zero-order chi connectivity index (χ0) is 22.8. The molecule has 1 atom stereocenters. The standard InChI is InChI=1S/C21H24N2O7S/c1-13-10-14(2)19(15(3)11-13)31(27,28)23-8-4-6-16(23)21(26)30-12-18(24)22-20(25)17-7-5-9-29-17/h5,7,9-11,16H,4,6,8,12H2,1-3H3,(H,22,24,25). The number of carbonyl (C=O) groups excluding carboxylic acids is 3. The number of benzene rings is 1. The van der Waals surface area contributed by atoms with Crippen molar-refractivity contribution in [2.75, 3.05) is 13.2 Å². The summed E-state index contributed by atoms with van der Waals surface area (Å²) in [5.74, 6) is -2.49. The maximum Gasteiger partial charge on any atom is 0.324 e. The van der Waals surface area contributed by atoms with Gasteiger partial charge in [-0.15, -0.1) is 0 Å². The van der Waals surface area contributed by atoms with E-state index in [2.05, 4.69) is 0 Å². The van der Waals surface area contributed by atoms with Crippen molar-refractivity contribution in [3.63, 3.8) is 0 Å². The van der Waals surface area contributed by atoms with Crippen LogP contribution in [0.15, 0.2) is 39.8 Å². The monoisotopic (exact) mass is 448 g/mol. The number of amides is 2. The van der Waals surface area contributed by atoms with Crippen LogP contribution in [0, 0.1) is 20.8 Å². The number of imide groups is 1. The first kappa shape index (κ1) is 22.7. The van der Waals surface area contributed by atoms with Gasteiger partial charge in [0.1, 0.15) is 6.04 Å². The highest BCUT2D eigenvalue weighted by Crippen LogP contribution is 2.31. The van der Waals surface area contributed by atoms with E-state index in [9.17, 15) is 22.8 Å². The highest BCUT2D eigenvalue weighted by Gasteiger charge is 2.41. The Bertz CT molecular complexity index is 1080. The van der Waals surface area contributed by atoms with E-state index >= 15 is 0 Å². The number of hydrogen-bond acceptors (Lipinski definition) is 7. The summed E-state index contributed by atoms with van der Waals surface area (Å²) in [6, 6.07) is 5.41. The van der Waals surface area contributed by atoms with Crippen LogP contribution in [0.4, 0.5) is 0 Å². The summed E-state index contributed by atoms with van der Waals surface area (Å²) in [6.07, 6.45) is 2.06. The molecule has 1 aromatic carbocycles. The molecule has 1 aliphatic rings. The van der Waals surface area contributed by atoms with Gasteiger partial charge in [0.05, 0.1) is 11.2 Å². The van der Waals surface area contributed by atoms with Gasteiger partial charge in [-0.3, -0.25) is 19.7 Å². The lowest BCUT2D eigenvalue weighted by atomic mass is 10.1. The molecular formula is C21H24N2O7S. The van der Waals surface area contributed by atoms with Crippen molar-refractivity contribution in [3.8, 4) is 0 Å². The second-order valence-corrected chi connectivity index (χ2v) is 9.29. The highest BCUT2D eigenvalue weighted by atomic mass is 32.2. The van der Waals surface area contributed by atoms with Gasteiger partial charge in [0.25, 0.3) is 11.8 Å². The van der Waals surface area contributed by atoms with Gasteiger partial charge in [0.15, 0.2) is 12.4 Å². The van der Waals surface area contributed by atoms with Crippen molar-refractivity contribution in [3.05, 3.63) is 53.0 Å². The van der Waals surface area contributed by atoms with E-state index in [1.807, 2.05) is 12.2 Å². The predicted octanol–water partition coefficient (Wildman–Crippen LogP) is 1.86. The molecule has 1 N–H and O–H groups in total. The minimum Gasteiger partial charge on any atom is -0.459 e. The van der Waals surface area contributed by atoms with Crippen molar-refractivity contribution in [2.24, 2.45) is 0 Å². The third-order valence-corrected chi connectivity index (χ3v) is 7.20. The molecular weight excluding hydrogens is 424 g/mol. The van der Waals surface area contributed by atoms with Crippen molar-refractivity contribution >= 4 is 27.8 Å². The summed E-state index contributed by atoms with van der Waals surface area (Å²) < 4.78 is 37.6. The quantitative estimate of drug-likeness (QED) is 0.669. The van der Waals surface area contributed by atoms with Crippen molar-refractivity contribution in [2.45, 2.75) is 44.6 Å². The van der Waals surface area contributed by atoms with E-state index in [-0.39, 0.29) is 23.6 Å². The molecule has 0 radical (unpaired) electrons. The molecule has 0 saturated carbocycles. The number of esters is 1. The first-order valence-electron chi connectivity index (χ1n) is 9.75. The number of sulfonamides is 1. The zero-order valence-corrected chi connectivity index (χ0v) is 18.3. The molecule has 1 aromatic heterocycles. The summed E-state index contributed by atoms with van der Waals surface area (Å²) in [5, 5.41) is 2.04. The molecule has 2 heterocycles. The number of ether oxygens (including phenoxy) is 1. The molecule has 1 unspecified atom stereocenters. The second-order valence-electron chi connectivity index (χ2n) is 7.46. The van der Waals surface area contributed by atoms with Gasteiger partial charge in [-0.05, 0) is 56.9 Å². The van der Waals surface area contributed by atoms with Gasteiger partial charge in [0.2, 0.25) is 10.0 Å². The number of hydrogen-bond donors (Lipinski definition) is 1. The van der Waals surface area contributed by atoms with Crippen LogP contribution in [0.25, 0.3) is 0 Å². The molecule has 2 amide bonds. The molecule has 3 rings (SSSR count). The Hall–Kier alpha value is -2.98. The molecule has 166 valence electrons. The average molecular weight is 448 g/mol. The lowest BCUT2D eigenvalue weighted by molar-refractivity contribution is -0.151. The van der Waals surface area contributed by atoms with Crippen molar-refractivity contribution < 1.29 is 32.0 Å². The second kappa shape index (κ2) is 9.03. The van der Waals surface area contributed by atoms with Crippen molar-refractivity contribution in [1.29, 1.82) is 0 Å². The maximum atomic E-state index is 13.3. The number of nitrogens with one attached hydrogen (secondary N) is 1. The van der Waals surface area contributed by atoms with E-state index in [1.54, 1.807) is 26.0 Å². The zero-order valence-electron chi connectivity index (χ0n) is 17.5. The molecule has 1 saturated heterocycles. The average Bonchev–Trinajstić information content (AvgIpc) is 3.36. The Labute approximate surface area is 180 Å². The van der Waals surface area contributed by atoms with Gasteiger partial charge < -0.3 is 9.15 Å². The van der Waals surface area contributed by atoms with Gasteiger partial charge in [0, 0.05) is 6.54 Å². The van der Waals surface area contributed by atoms with Gasteiger partial charge >= 0.3 is 5.97 Å². The predicted molar refractivity (Wildman–Crippen MR) is 110 cm³/mol. The highest BCUT2D eigenvalue weighted by molar-refractivity contribution is 7.89. The Kier molecular flexibility index (Phi) is 6.61. The molecule has 0 aliphatic carbocycles. The number of nitrogens with zero attached hydrogens (tertiary/aromatic N) is 1. The van der Waals surface area contributed by atoms with E-state index in [4.69, 9.17) is 9.15 Å². The van der Waals surface area contributed by atoms with Crippen LogP contribution >= 0.6 is 0 Å². The number of aryl methyl sites for hydroxylation is 3. The summed E-state index contributed by atoms with van der Waals surface area (Å²) in [5.41, 5.74) is 2.15. The third kappa shape index (κ3) is 4.86. The summed E-state index contributed by atoms with van der Waals surface area (Å²) in [4.78, 5) is 36.4. The molecule has 9 nitrogen and oxygen atoms in total. The van der Waals surface area contributed by atoms with Crippen LogP contribution in [0.1, 0.15) is 40.1 Å². The molecule has 1 aliphatic heterocycles. The number of rotatable bonds is 6. The first-order valence-corrected chi connectivity index (χ1v) is 11.2. The fraction of sp³-hybridized carbons (Fsp3) is 0.381. The topological polar surface area (TPSA) is 123 Å². The van der Waals surface area contributed by atoms with Crippen LogP contribution in [-0.2, 0) is 24.3 Å². The normalized spacial score (nSPS) is 16.8. The molecule has 0 bridgehead atoms. The smallest absolute Gasteiger partial charge is 0.324 e. The van der Waals surface area contributed by atoms with Crippen LogP contribution in [0.5, 0.6) is 0 Å². The first-order chi connectivity index (χ1) is 14.6. The minimum atomic E-state index is -3.93. The van der Waals surface area contributed by atoms with Gasteiger partial charge in [-0.1, -0.05) is 17.7 Å². The Morgan fingerprint density at radius 3 is 2.48 bits per heavy atom. The molecule has 31 heavy (non-hydrogen) atoms. The van der Waals surface area contributed by atoms with E-state index in [0.29, 0.717) is 17.5 Å². The van der Waals surface area contributed by atoms with Crippen molar-refractivity contribution in [1.82, 2.24) is 9.62 Å². The number of carbonyl (C=O) groups is 3. The molecule has 0 spiro atoms. The van der Waals surface area contributed by atoms with Gasteiger partial charge in [-0.2, -0.15) is 4.31 Å². The van der Waals surface area contributed by atoms with Crippen LogP contribution in [0.2, 0.25) is 0 Å². The number of furan rings is 1. The summed E-state index contributed by atoms with van der Waals surface area (Å²) in [6.45, 7) is 4.79. The van der Waals surface area contributed by atoms with Crippen LogP contribution in [0.3, 0.4) is 0 Å². The molecule has 10 heteroatoms. The summed E-state index contributed by atoms with van der Waals surface area (Å²) >= 11 is 0. The van der Waals surface area contributed by atoms with E-state index in [0.717, 1.165) is 9.87 Å². The third-order valence-electron chi connectivity index (χ3n) is 4.99.